The lowest BCUT2D eigenvalue weighted by molar-refractivity contribution is -0.0328. The maximum atomic E-state index is 12.2. The molecule has 2 nitrogen and oxygen atoms in total. The standard InChI is InChI=1S/C12H11F3N2S2/c1-8-17-10(7-18-8)6-16-9-2-4-11(5-3-9)19-12(13,14)15/h2-5,7,16H,6H2,1H3. The third kappa shape index (κ3) is 4.76. The van der Waals surface area contributed by atoms with E-state index in [-0.39, 0.29) is 16.7 Å². The van der Waals surface area contributed by atoms with Crippen molar-refractivity contribution in [3.05, 3.63) is 40.3 Å². The second-order valence-corrected chi connectivity index (χ2v) is 5.98. The van der Waals surface area contributed by atoms with Crippen LogP contribution < -0.4 is 5.32 Å². The predicted octanol–water partition coefficient (Wildman–Crippen LogP) is 4.68. The van der Waals surface area contributed by atoms with Crippen molar-refractivity contribution in [2.75, 3.05) is 5.32 Å². The summed E-state index contributed by atoms with van der Waals surface area (Å²) in [5, 5.41) is 6.07. The third-order valence-electron chi connectivity index (χ3n) is 2.23. The SMILES string of the molecule is Cc1nc(CNc2ccc(SC(F)(F)F)cc2)cs1. The molecular formula is C12H11F3N2S2. The molecule has 102 valence electrons. The molecule has 0 aliphatic rings. The van der Waals surface area contributed by atoms with Crippen LogP contribution >= 0.6 is 23.1 Å². The summed E-state index contributed by atoms with van der Waals surface area (Å²) in [6.07, 6.45) is 0. The maximum Gasteiger partial charge on any atom is 0.446 e. The van der Waals surface area contributed by atoms with Crippen molar-refractivity contribution in [1.29, 1.82) is 0 Å². The Morgan fingerprint density at radius 2 is 1.95 bits per heavy atom. The Morgan fingerprint density at radius 1 is 1.26 bits per heavy atom. The lowest BCUT2D eigenvalue weighted by Gasteiger charge is -2.07. The van der Waals surface area contributed by atoms with Crippen molar-refractivity contribution in [1.82, 2.24) is 4.98 Å². The fourth-order valence-electron chi connectivity index (χ4n) is 1.46. The first-order valence-electron chi connectivity index (χ1n) is 5.43. The first-order chi connectivity index (χ1) is 8.92. The summed E-state index contributed by atoms with van der Waals surface area (Å²) in [5.41, 5.74) is -2.54. The molecule has 0 saturated heterocycles. The maximum absolute atomic E-state index is 12.2. The molecule has 1 aromatic heterocycles. The van der Waals surface area contributed by atoms with Crippen LogP contribution in [-0.2, 0) is 6.54 Å². The van der Waals surface area contributed by atoms with Crippen LogP contribution in [0, 0.1) is 6.92 Å². The van der Waals surface area contributed by atoms with E-state index in [0.29, 0.717) is 6.54 Å². The van der Waals surface area contributed by atoms with E-state index in [1.165, 1.54) is 12.1 Å². The molecule has 7 heteroatoms. The van der Waals surface area contributed by atoms with Crippen LogP contribution in [0.4, 0.5) is 18.9 Å². The van der Waals surface area contributed by atoms with Crippen molar-refractivity contribution < 1.29 is 13.2 Å². The van der Waals surface area contributed by atoms with Gasteiger partial charge < -0.3 is 5.32 Å². The van der Waals surface area contributed by atoms with Crippen LogP contribution in [0.1, 0.15) is 10.7 Å². The fraction of sp³-hybridized carbons (Fsp3) is 0.250. The lowest BCUT2D eigenvalue weighted by Crippen LogP contribution is -2.01. The minimum Gasteiger partial charge on any atom is -0.379 e. The molecule has 0 atom stereocenters. The minimum atomic E-state index is -4.24. The Hall–Kier alpha value is -1.21. The molecule has 0 aliphatic carbocycles. The molecule has 1 aromatic carbocycles. The Bertz CT molecular complexity index is 535. The number of benzene rings is 1. The number of thiazole rings is 1. The van der Waals surface area contributed by atoms with Crippen molar-refractivity contribution >= 4 is 28.8 Å². The predicted molar refractivity (Wildman–Crippen MR) is 72.5 cm³/mol. The van der Waals surface area contributed by atoms with Crippen molar-refractivity contribution in [3.8, 4) is 0 Å². The number of aromatic nitrogens is 1. The van der Waals surface area contributed by atoms with Gasteiger partial charge in [0.2, 0.25) is 0 Å². The summed E-state index contributed by atoms with van der Waals surface area (Å²) in [6, 6.07) is 6.17. The molecule has 1 heterocycles. The molecule has 1 N–H and O–H groups in total. The van der Waals surface area contributed by atoms with Gasteiger partial charge in [0.25, 0.3) is 0 Å². The molecule has 0 aliphatic heterocycles. The van der Waals surface area contributed by atoms with E-state index in [9.17, 15) is 13.2 Å². The smallest absolute Gasteiger partial charge is 0.379 e. The highest BCUT2D eigenvalue weighted by Crippen LogP contribution is 2.37. The van der Waals surface area contributed by atoms with Crippen LogP contribution in [0.25, 0.3) is 0 Å². The molecule has 2 aromatic rings. The van der Waals surface area contributed by atoms with E-state index < -0.39 is 5.51 Å². The summed E-state index contributed by atoms with van der Waals surface area (Å²) >= 11 is 1.46. The monoisotopic (exact) mass is 304 g/mol. The molecule has 0 saturated carbocycles. The van der Waals surface area contributed by atoms with Gasteiger partial charge in [-0.15, -0.1) is 11.3 Å². The number of nitrogens with one attached hydrogen (secondary N) is 1. The van der Waals surface area contributed by atoms with Crippen LogP contribution in [0.3, 0.4) is 0 Å². The van der Waals surface area contributed by atoms with Gasteiger partial charge in [0.1, 0.15) is 0 Å². The van der Waals surface area contributed by atoms with E-state index in [2.05, 4.69) is 10.3 Å². The van der Waals surface area contributed by atoms with Gasteiger partial charge in [-0.05, 0) is 43.0 Å². The first kappa shape index (κ1) is 14.2. The normalized spacial score (nSPS) is 11.6. The Labute approximate surface area is 117 Å². The number of anilines is 1. The number of thioether (sulfide) groups is 1. The molecule has 19 heavy (non-hydrogen) atoms. The highest BCUT2D eigenvalue weighted by molar-refractivity contribution is 8.00. The number of aryl methyl sites for hydroxylation is 1. The number of halogens is 3. The van der Waals surface area contributed by atoms with Gasteiger partial charge in [-0.1, -0.05) is 0 Å². The topological polar surface area (TPSA) is 24.9 Å². The summed E-state index contributed by atoms with van der Waals surface area (Å²) < 4.78 is 36.5. The largest absolute Gasteiger partial charge is 0.446 e. The molecule has 0 amide bonds. The number of alkyl halides is 3. The van der Waals surface area contributed by atoms with Gasteiger partial charge >= 0.3 is 5.51 Å². The second-order valence-electron chi connectivity index (χ2n) is 3.78. The van der Waals surface area contributed by atoms with Gasteiger partial charge in [-0.25, -0.2) is 4.98 Å². The minimum absolute atomic E-state index is 0.111. The van der Waals surface area contributed by atoms with Gasteiger partial charge in [0.05, 0.1) is 17.2 Å². The molecule has 0 radical (unpaired) electrons. The van der Waals surface area contributed by atoms with Gasteiger partial charge in [0, 0.05) is 16.0 Å². The van der Waals surface area contributed by atoms with Crippen LogP contribution in [0.2, 0.25) is 0 Å². The quantitative estimate of drug-likeness (QED) is 0.831. The van der Waals surface area contributed by atoms with E-state index in [4.69, 9.17) is 0 Å². The van der Waals surface area contributed by atoms with E-state index in [1.807, 2.05) is 12.3 Å². The van der Waals surface area contributed by atoms with E-state index in [0.717, 1.165) is 16.4 Å². The van der Waals surface area contributed by atoms with Crippen molar-refractivity contribution in [3.63, 3.8) is 0 Å². The van der Waals surface area contributed by atoms with Crippen LogP contribution in [0.5, 0.6) is 0 Å². The summed E-state index contributed by atoms with van der Waals surface area (Å²) in [7, 11) is 0. The summed E-state index contributed by atoms with van der Waals surface area (Å²) in [5.74, 6) is 0. The molecule has 0 spiro atoms. The van der Waals surface area contributed by atoms with Gasteiger partial charge in [0.15, 0.2) is 0 Å². The second kappa shape index (κ2) is 5.83. The molecule has 0 bridgehead atoms. The average molecular weight is 304 g/mol. The first-order valence-corrected chi connectivity index (χ1v) is 7.13. The highest BCUT2D eigenvalue weighted by atomic mass is 32.2. The summed E-state index contributed by atoms with van der Waals surface area (Å²) in [4.78, 5) is 4.48. The zero-order chi connectivity index (χ0) is 13.9. The Morgan fingerprint density at radius 3 is 2.47 bits per heavy atom. The van der Waals surface area contributed by atoms with Gasteiger partial charge in [-0.2, -0.15) is 13.2 Å². The molecule has 2 rings (SSSR count). The fourth-order valence-corrected chi connectivity index (χ4v) is 2.61. The Balaban J connectivity index is 1.91. The zero-order valence-corrected chi connectivity index (χ0v) is 11.6. The Kier molecular flexibility index (Phi) is 4.36. The number of rotatable bonds is 4. The zero-order valence-electron chi connectivity index (χ0n) is 9.99. The number of nitrogens with zero attached hydrogens (tertiary/aromatic N) is 1. The van der Waals surface area contributed by atoms with Crippen molar-refractivity contribution in [2.24, 2.45) is 0 Å². The summed E-state index contributed by atoms with van der Waals surface area (Å²) in [6.45, 7) is 2.49. The van der Waals surface area contributed by atoms with E-state index >= 15 is 0 Å². The number of hydrogen-bond acceptors (Lipinski definition) is 4. The molecule has 0 unspecified atom stereocenters. The van der Waals surface area contributed by atoms with Gasteiger partial charge in [-0.3, -0.25) is 0 Å². The van der Waals surface area contributed by atoms with Crippen LogP contribution in [-0.4, -0.2) is 10.5 Å². The van der Waals surface area contributed by atoms with Crippen LogP contribution in [0.15, 0.2) is 34.5 Å². The molecule has 0 fully saturated rings. The van der Waals surface area contributed by atoms with Crippen molar-refractivity contribution in [2.45, 2.75) is 23.9 Å². The highest BCUT2D eigenvalue weighted by Gasteiger charge is 2.28. The number of hydrogen-bond donors (Lipinski definition) is 1. The average Bonchev–Trinajstić information content (AvgIpc) is 2.72. The lowest BCUT2D eigenvalue weighted by atomic mass is 10.3. The third-order valence-corrected chi connectivity index (χ3v) is 3.79. The van der Waals surface area contributed by atoms with E-state index in [1.54, 1.807) is 23.5 Å². The molecular weight excluding hydrogens is 293 g/mol.